The number of hydrogen-bond donors (Lipinski definition) is 0. The third kappa shape index (κ3) is 3.56. The molecular formula is C21H26N8O3. The summed E-state index contributed by atoms with van der Waals surface area (Å²) in [5.41, 5.74) is 1.88. The van der Waals surface area contributed by atoms with Gasteiger partial charge in [-0.05, 0) is 63.4 Å². The van der Waals surface area contributed by atoms with Gasteiger partial charge in [-0.2, -0.15) is 5.10 Å². The van der Waals surface area contributed by atoms with Crippen molar-refractivity contribution in [2.75, 3.05) is 20.2 Å². The number of hydrogen-bond acceptors (Lipinski definition) is 9. The van der Waals surface area contributed by atoms with Gasteiger partial charge in [0.1, 0.15) is 6.61 Å². The standard InChI is InChI=1S/C21H26N8O3/c1-14-17(12-32-19(14)30)28-10-9-21(20(28)31)7-5-16(6-8-21)27(2)11-15-3-4-18(25-24-15)29-23-13-22-26-29/h3-4,13,16H,5-12H2,1-2H3/t16-,21-. The summed E-state index contributed by atoms with van der Waals surface area (Å²) in [6, 6.07) is 4.14. The quantitative estimate of drug-likeness (QED) is 0.627. The first-order valence-electron chi connectivity index (χ1n) is 10.9. The molecular weight excluding hydrogens is 412 g/mol. The van der Waals surface area contributed by atoms with Crippen molar-refractivity contribution >= 4 is 11.9 Å². The Bertz CT molecular complexity index is 1040. The zero-order chi connectivity index (χ0) is 22.3. The van der Waals surface area contributed by atoms with Crippen molar-refractivity contribution in [3.63, 3.8) is 0 Å². The topological polar surface area (TPSA) is 119 Å². The molecule has 32 heavy (non-hydrogen) atoms. The second kappa shape index (κ2) is 8.05. The van der Waals surface area contributed by atoms with Crippen LogP contribution in [-0.2, 0) is 20.9 Å². The number of aromatic nitrogens is 6. The SMILES string of the molecule is CC1=C(N2CC[C@]3(CC[C@@H](N(C)Cc4ccc(-n5ncnn5)nn4)CC3)C2=O)COC1=O. The number of carbonyl (C=O) groups excluding carboxylic acids is 2. The normalized spacial score (nSPS) is 26.0. The lowest BCUT2D eigenvalue weighted by Crippen LogP contribution is -2.42. The Labute approximate surface area is 185 Å². The van der Waals surface area contributed by atoms with Gasteiger partial charge in [0.2, 0.25) is 5.91 Å². The van der Waals surface area contributed by atoms with Crippen LogP contribution in [0.5, 0.6) is 0 Å². The van der Waals surface area contributed by atoms with Crippen LogP contribution in [0.4, 0.5) is 0 Å². The first-order chi connectivity index (χ1) is 15.5. The molecule has 2 aromatic heterocycles. The van der Waals surface area contributed by atoms with Crippen molar-refractivity contribution in [1.29, 1.82) is 0 Å². The maximum absolute atomic E-state index is 13.3. The van der Waals surface area contributed by atoms with E-state index in [9.17, 15) is 9.59 Å². The molecule has 0 N–H and O–H groups in total. The minimum absolute atomic E-state index is 0.162. The van der Waals surface area contributed by atoms with Crippen LogP contribution in [0.3, 0.4) is 0 Å². The number of esters is 1. The van der Waals surface area contributed by atoms with Gasteiger partial charge in [-0.3, -0.25) is 9.69 Å². The molecule has 2 aromatic rings. The van der Waals surface area contributed by atoms with Gasteiger partial charge in [-0.15, -0.1) is 20.1 Å². The molecule has 1 saturated carbocycles. The number of carbonyl (C=O) groups is 2. The molecule has 2 aliphatic heterocycles. The van der Waals surface area contributed by atoms with Crippen LogP contribution in [0.15, 0.2) is 29.7 Å². The monoisotopic (exact) mass is 438 g/mol. The fourth-order valence-corrected chi connectivity index (χ4v) is 5.09. The summed E-state index contributed by atoms with van der Waals surface area (Å²) >= 11 is 0. The van der Waals surface area contributed by atoms with Crippen molar-refractivity contribution in [3.05, 3.63) is 35.4 Å². The van der Waals surface area contributed by atoms with Gasteiger partial charge in [0.05, 0.1) is 22.4 Å². The molecule has 1 saturated heterocycles. The molecule has 11 nitrogen and oxygen atoms in total. The second-order valence-electron chi connectivity index (χ2n) is 8.89. The molecule has 3 aliphatic rings. The van der Waals surface area contributed by atoms with E-state index in [-0.39, 0.29) is 23.9 Å². The predicted octanol–water partition coefficient (Wildman–Crippen LogP) is 0.876. The average Bonchev–Trinajstić information content (AvgIpc) is 3.52. The second-order valence-corrected chi connectivity index (χ2v) is 8.89. The van der Waals surface area contributed by atoms with E-state index in [1.54, 1.807) is 11.8 Å². The molecule has 11 heteroatoms. The lowest BCUT2D eigenvalue weighted by Gasteiger charge is -2.39. The summed E-state index contributed by atoms with van der Waals surface area (Å²) in [6.07, 6.45) is 5.83. The van der Waals surface area contributed by atoms with Crippen LogP contribution < -0.4 is 0 Å². The largest absolute Gasteiger partial charge is 0.456 e. The molecule has 0 bridgehead atoms. The van der Waals surface area contributed by atoms with Gasteiger partial charge in [0, 0.05) is 19.1 Å². The number of nitrogens with zero attached hydrogens (tertiary/aromatic N) is 8. The molecule has 0 atom stereocenters. The summed E-state index contributed by atoms with van der Waals surface area (Å²) in [5.74, 6) is 0.375. The van der Waals surface area contributed by atoms with Crippen molar-refractivity contribution in [3.8, 4) is 5.82 Å². The predicted molar refractivity (Wildman–Crippen MR) is 111 cm³/mol. The van der Waals surface area contributed by atoms with Gasteiger partial charge >= 0.3 is 5.97 Å². The van der Waals surface area contributed by atoms with E-state index in [1.165, 1.54) is 11.1 Å². The molecule has 5 rings (SSSR count). The first kappa shape index (κ1) is 20.7. The number of likely N-dealkylation sites (tertiary alicyclic amines) is 1. The van der Waals surface area contributed by atoms with Crippen molar-refractivity contribution in [1.82, 2.24) is 40.2 Å². The van der Waals surface area contributed by atoms with Gasteiger partial charge in [0.25, 0.3) is 0 Å². The van der Waals surface area contributed by atoms with E-state index in [4.69, 9.17) is 4.74 Å². The highest BCUT2D eigenvalue weighted by Gasteiger charge is 2.50. The summed E-state index contributed by atoms with van der Waals surface area (Å²) < 4.78 is 5.11. The van der Waals surface area contributed by atoms with Crippen molar-refractivity contribution in [2.45, 2.75) is 51.6 Å². The Morgan fingerprint density at radius 3 is 2.62 bits per heavy atom. The van der Waals surface area contributed by atoms with Crippen LogP contribution in [0.2, 0.25) is 0 Å². The Kier molecular flexibility index (Phi) is 5.20. The Morgan fingerprint density at radius 1 is 1.19 bits per heavy atom. The van der Waals surface area contributed by atoms with Gasteiger partial charge in [0.15, 0.2) is 12.1 Å². The van der Waals surface area contributed by atoms with Crippen LogP contribution in [-0.4, -0.2) is 78.3 Å². The summed E-state index contributed by atoms with van der Waals surface area (Å²) in [7, 11) is 2.09. The minimum Gasteiger partial charge on any atom is -0.456 e. The fourth-order valence-electron chi connectivity index (χ4n) is 5.09. The third-order valence-electron chi connectivity index (χ3n) is 7.12. The molecule has 4 heterocycles. The van der Waals surface area contributed by atoms with E-state index >= 15 is 0 Å². The molecule has 1 spiro atoms. The highest BCUT2D eigenvalue weighted by molar-refractivity contribution is 5.94. The van der Waals surface area contributed by atoms with E-state index in [1.807, 2.05) is 12.1 Å². The molecule has 1 amide bonds. The highest BCUT2D eigenvalue weighted by atomic mass is 16.5. The molecule has 168 valence electrons. The van der Waals surface area contributed by atoms with Crippen molar-refractivity contribution < 1.29 is 14.3 Å². The molecule has 2 fully saturated rings. The van der Waals surface area contributed by atoms with Crippen LogP contribution in [0.1, 0.15) is 44.7 Å². The molecule has 0 aromatic carbocycles. The summed E-state index contributed by atoms with van der Waals surface area (Å²) in [5, 5.41) is 19.9. The van der Waals surface area contributed by atoms with E-state index in [0.717, 1.165) is 43.5 Å². The Morgan fingerprint density at radius 2 is 2.00 bits per heavy atom. The smallest absolute Gasteiger partial charge is 0.336 e. The van der Waals surface area contributed by atoms with Crippen LogP contribution in [0.25, 0.3) is 5.82 Å². The first-order valence-corrected chi connectivity index (χ1v) is 10.9. The van der Waals surface area contributed by atoms with Crippen LogP contribution >= 0.6 is 0 Å². The zero-order valence-corrected chi connectivity index (χ0v) is 18.3. The van der Waals surface area contributed by atoms with E-state index < -0.39 is 0 Å². The maximum Gasteiger partial charge on any atom is 0.336 e. The zero-order valence-electron chi connectivity index (χ0n) is 18.3. The Hall–Kier alpha value is -3.21. The third-order valence-corrected chi connectivity index (χ3v) is 7.12. The molecule has 0 unspecified atom stereocenters. The van der Waals surface area contributed by atoms with Gasteiger partial charge in [-0.1, -0.05) is 0 Å². The summed E-state index contributed by atoms with van der Waals surface area (Å²) in [6.45, 7) is 3.31. The molecule has 1 aliphatic carbocycles. The minimum atomic E-state index is -0.312. The maximum atomic E-state index is 13.3. The highest BCUT2D eigenvalue weighted by Crippen LogP contribution is 2.47. The number of ether oxygens (including phenoxy) is 1. The fraction of sp³-hybridized carbons (Fsp3) is 0.571. The van der Waals surface area contributed by atoms with Crippen LogP contribution in [0, 0.1) is 5.41 Å². The average molecular weight is 438 g/mol. The lowest BCUT2D eigenvalue weighted by atomic mass is 9.71. The number of rotatable bonds is 5. The lowest BCUT2D eigenvalue weighted by molar-refractivity contribution is -0.138. The molecule has 0 radical (unpaired) electrons. The number of tetrazole rings is 1. The Balaban J connectivity index is 1.18. The van der Waals surface area contributed by atoms with Crippen molar-refractivity contribution in [2.24, 2.45) is 5.41 Å². The van der Waals surface area contributed by atoms with Gasteiger partial charge < -0.3 is 9.64 Å². The summed E-state index contributed by atoms with van der Waals surface area (Å²) in [4.78, 5) is 30.4. The number of amides is 1. The van der Waals surface area contributed by atoms with E-state index in [0.29, 0.717) is 30.5 Å². The van der Waals surface area contributed by atoms with E-state index in [2.05, 4.69) is 37.6 Å². The van der Waals surface area contributed by atoms with Gasteiger partial charge in [-0.25, -0.2) is 4.79 Å². The number of cyclic esters (lactones) is 1.